The lowest BCUT2D eigenvalue weighted by molar-refractivity contribution is 0.355. The van der Waals surface area contributed by atoms with E-state index in [4.69, 9.17) is 16.1 Å². The third kappa shape index (κ3) is 3.63. The van der Waals surface area contributed by atoms with Gasteiger partial charge >= 0.3 is 0 Å². The van der Waals surface area contributed by atoms with Crippen molar-refractivity contribution in [1.82, 2.24) is 10.1 Å². The molecule has 1 saturated heterocycles. The minimum Gasteiger partial charge on any atom is -0.339 e. The zero-order valence-corrected chi connectivity index (χ0v) is 12.9. The van der Waals surface area contributed by atoms with Crippen molar-refractivity contribution in [2.75, 3.05) is 11.5 Å². The van der Waals surface area contributed by atoms with Crippen molar-refractivity contribution in [3.8, 4) is 0 Å². The zero-order valence-electron chi connectivity index (χ0n) is 11.3. The van der Waals surface area contributed by atoms with Crippen LogP contribution in [0.3, 0.4) is 0 Å². The van der Waals surface area contributed by atoms with Gasteiger partial charge in [-0.1, -0.05) is 35.0 Å². The lowest BCUT2D eigenvalue weighted by atomic mass is 10.1. The molecule has 0 spiro atoms. The summed E-state index contributed by atoms with van der Waals surface area (Å²) in [6.45, 7) is 0. The van der Waals surface area contributed by atoms with Crippen LogP contribution in [0, 0.1) is 5.92 Å². The Bertz CT molecular complexity index is 742. The molecule has 5 nitrogen and oxygen atoms in total. The summed E-state index contributed by atoms with van der Waals surface area (Å²) < 4.78 is 28.1. The number of hydrogen-bond acceptors (Lipinski definition) is 5. The molecule has 2 heterocycles. The summed E-state index contributed by atoms with van der Waals surface area (Å²) >= 11 is 6.10. The Hall–Kier alpha value is -1.40. The van der Waals surface area contributed by atoms with Crippen molar-refractivity contribution in [3.63, 3.8) is 0 Å². The average molecular weight is 327 g/mol. The molecule has 1 aromatic carbocycles. The van der Waals surface area contributed by atoms with Gasteiger partial charge in [0.1, 0.15) is 0 Å². The first-order chi connectivity index (χ1) is 10.0. The quantitative estimate of drug-likeness (QED) is 0.862. The van der Waals surface area contributed by atoms with Crippen LogP contribution in [0.25, 0.3) is 0 Å². The molecule has 0 radical (unpaired) electrons. The van der Waals surface area contributed by atoms with E-state index < -0.39 is 9.84 Å². The fourth-order valence-electron chi connectivity index (χ4n) is 2.54. The van der Waals surface area contributed by atoms with Gasteiger partial charge in [0, 0.05) is 17.9 Å². The molecule has 1 aromatic heterocycles. The third-order valence-corrected chi connectivity index (χ3v) is 5.81. The number of sulfone groups is 1. The molecule has 3 rings (SSSR count). The minimum absolute atomic E-state index is 0.0867. The molecule has 0 saturated carbocycles. The monoisotopic (exact) mass is 326 g/mol. The standard InChI is InChI=1S/C14H15ClN2O3S/c15-12-4-2-1-3-11(12)8-13-16-14(20-17-13)7-10-5-6-21(18,19)9-10/h1-4,10H,5-9H2/t10-/m0/s1. The number of aromatic nitrogens is 2. The molecule has 0 amide bonds. The average Bonchev–Trinajstić information content (AvgIpc) is 2.99. The van der Waals surface area contributed by atoms with E-state index in [0.29, 0.717) is 36.0 Å². The van der Waals surface area contributed by atoms with Crippen LogP contribution in [0.1, 0.15) is 23.7 Å². The van der Waals surface area contributed by atoms with Gasteiger partial charge in [0.15, 0.2) is 15.7 Å². The largest absolute Gasteiger partial charge is 0.339 e. The SMILES string of the molecule is O=S1(=O)CC[C@@H](Cc2nc(Cc3ccccc3Cl)no2)C1. The molecule has 0 aliphatic carbocycles. The second-order valence-electron chi connectivity index (χ2n) is 5.35. The number of rotatable bonds is 4. The first-order valence-electron chi connectivity index (χ1n) is 6.77. The Balaban J connectivity index is 1.66. The lowest BCUT2D eigenvalue weighted by Gasteiger charge is -2.01. The summed E-state index contributed by atoms with van der Waals surface area (Å²) in [6, 6.07) is 7.52. The zero-order chi connectivity index (χ0) is 14.9. The van der Waals surface area contributed by atoms with Gasteiger partial charge in [0.2, 0.25) is 5.89 Å². The van der Waals surface area contributed by atoms with Gasteiger partial charge in [-0.2, -0.15) is 4.98 Å². The van der Waals surface area contributed by atoms with Gasteiger partial charge in [-0.3, -0.25) is 0 Å². The Morgan fingerprint density at radius 1 is 1.33 bits per heavy atom. The third-order valence-electron chi connectivity index (χ3n) is 3.61. The van der Waals surface area contributed by atoms with Crippen LogP contribution in [0.4, 0.5) is 0 Å². The highest BCUT2D eigenvalue weighted by molar-refractivity contribution is 7.91. The predicted molar refractivity (Wildman–Crippen MR) is 79.0 cm³/mol. The first kappa shape index (κ1) is 14.5. The molecule has 1 fully saturated rings. The summed E-state index contributed by atoms with van der Waals surface area (Å²) in [5, 5.41) is 4.61. The van der Waals surface area contributed by atoms with E-state index in [1.165, 1.54) is 0 Å². The van der Waals surface area contributed by atoms with Gasteiger partial charge in [-0.25, -0.2) is 8.42 Å². The van der Waals surface area contributed by atoms with Crippen LogP contribution in [-0.2, 0) is 22.7 Å². The molecule has 21 heavy (non-hydrogen) atoms. The summed E-state index contributed by atoms with van der Waals surface area (Å²) in [5.41, 5.74) is 0.940. The molecule has 0 N–H and O–H groups in total. The highest BCUT2D eigenvalue weighted by Gasteiger charge is 2.29. The molecule has 0 unspecified atom stereocenters. The van der Waals surface area contributed by atoms with E-state index in [0.717, 1.165) is 5.56 Å². The maximum Gasteiger partial charge on any atom is 0.226 e. The van der Waals surface area contributed by atoms with Crippen molar-refractivity contribution in [1.29, 1.82) is 0 Å². The van der Waals surface area contributed by atoms with E-state index in [2.05, 4.69) is 10.1 Å². The van der Waals surface area contributed by atoms with Gasteiger partial charge in [0.05, 0.1) is 11.5 Å². The van der Waals surface area contributed by atoms with Crippen molar-refractivity contribution in [2.45, 2.75) is 19.3 Å². The van der Waals surface area contributed by atoms with Crippen LogP contribution >= 0.6 is 11.6 Å². The molecular weight excluding hydrogens is 312 g/mol. The second kappa shape index (κ2) is 5.77. The molecule has 7 heteroatoms. The van der Waals surface area contributed by atoms with Crippen LogP contribution in [0.2, 0.25) is 5.02 Å². The molecular formula is C14H15ClN2O3S. The molecule has 1 aliphatic heterocycles. The Labute approximate surface area is 128 Å². The lowest BCUT2D eigenvalue weighted by Crippen LogP contribution is -2.07. The molecule has 1 aliphatic rings. The van der Waals surface area contributed by atoms with Crippen molar-refractivity contribution < 1.29 is 12.9 Å². The Morgan fingerprint density at radius 3 is 2.86 bits per heavy atom. The molecule has 0 bridgehead atoms. The van der Waals surface area contributed by atoms with E-state index in [9.17, 15) is 8.42 Å². The fourth-order valence-corrected chi connectivity index (χ4v) is 4.60. The van der Waals surface area contributed by atoms with Gasteiger partial charge in [-0.05, 0) is 24.0 Å². The first-order valence-corrected chi connectivity index (χ1v) is 8.97. The van der Waals surface area contributed by atoms with Gasteiger partial charge in [0.25, 0.3) is 0 Å². The number of benzene rings is 1. The Morgan fingerprint density at radius 2 is 2.14 bits per heavy atom. The van der Waals surface area contributed by atoms with E-state index >= 15 is 0 Å². The van der Waals surface area contributed by atoms with E-state index in [1.807, 2.05) is 24.3 Å². The van der Waals surface area contributed by atoms with Crippen molar-refractivity contribution in [3.05, 3.63) is 46.6 Å². The van der Waals surface area contributed by atoms with E-state index in [-0.39, 0.29) is 17.4 Å². The topological polar surface area (TPSA) is 73.1 Å². The van der Waals surface area contributed by atoms with E-state index in [1.54, 1.807) is 0 Å². The normalized spacial score (nSPS) is 20.7. The number of hydrogen-bond donors (Lipinski definition) is 0. The summed E-state index contributed by atoms with van der Waals surface area (Å²) in [7, 11) is -2.87. The number of nitrogens with zero attached hydrogens (tertiary/aromatic N) is 2. The number of halogens is 1. The Kier molecular flexibility index (Phi) is 3.99. The van der Waals surface area contributed by atoms with Crippen LogP contribution in [0.5, 0.6) is 0 Å². The second-order valence-corrected chi connectivity index (χ2v) is 7.98. The smallest absolute Gasteiger partial charge is 0.226 e. The fraction of sp³-hybridized carbons (Fsp3) is 0.429. The summed E-state index contributed by atoms with van der Waals surface area (Å²) in [4.78, 5) is 4.33. The van der Waals surface area contributed by atoms with Crippen molar-refractivity contribution >= 4 is 21.4 Å². The summed E-state index contributed by atoms with van der Waals surface area (Å²) in [6.07, 6.45) is 1.70. The van der Waals surface area contributed by atoms with Gasteiger partial charge < -0.3 is 4.52 Å². The summed E-state index contributed by atoms with van der Waals surface area (Å²) in [5.74, 6) is 1.63. The van der Waals surface area contributed by atoms with Crippen LogP contribution < -0.4 is 0 Å². The highest BCUT2D eigenvalue weighted by Crippen LogP contribution is 2.22. The van der Waals surface area contributed by atoms with Crippen LogP contribution in [0.15, 0.2) is 28.8 Å². The molecule has 1 atom stereocenters. The predicted octanol–water partition coefficient (Wildman–Crippen LogP) is 2.29. The highest BCUT2D eigenvalue weighted by atomic mass is 35.5. The maximum atomic E-state index is 11.4. The molecule has 112 valence electrons. The minimum atomic E-state index is -2.87. The van der Waals surface area contributed by atoms with Gasteiger partial charge in [-0.15, -0.1) is 0 Å². The maximum absolute atomic E-state index is 11.4. The molecule has 2 aromatic rings. The van der Waals surface area contributed by atoms with Crippen LogP contribution in [-0.4, -0.2) is 30.1 Å². The van der Waals surface area contributed by atoms with Crippen molar-refractivity contribution in [2.24, 2.45) is 5.92 Å².